The first-order valence-corrected chi connectivity index (χ1v) is 10.5. The van der Waals surface area contributed by atoms with E-state index in [4.69, 9.17) is 32.9 Å². The summed E-state index contributed by atoms with van der Waals surface area (Å²) in [6.45, 7) is 5.97. The molecule has 7 heteroatoms. The maximum absolute atomic E-state index is 13.3. The lowest BCUT2D eigenvalue weighted by molar-refractivity contribution is 0.0734. The van der Waals surface area contributed by atoms with Crippen LogP contribution in [0.1, 0.15) is 42.9 Å². The van der Waals surface area contributed by atoms with Crippen LogP contribution in [0.5, 0.6) is 5.75 Å². The predicted octanol–water partition coefficient (Wildman–Crippen LogP) is 5.81. The number of ether oxygens (including phenoxy) is 1. The van der Waals surface area contributed by atoms with Gasteiger partial charge >= 0.3 is 0 Å². The molecule has 1 aromatic heterocycles. The lowest BCUT2D eigenvalue weighted by atomic mass is 10.1. The monoisotopic (exact) mass is 433 g/mol. The molecule has 0 bridgehead atoms. The quantitative estimate of drug-likeness (QED) is 0.449. The summed E-state index contributed by atoms with van der Waals surface area (Å²) in [6, 6.07) is 10.8. The number of aromatic nitrogens is 2. The molecule has 154 valence electrons. The van der Waals surface area contributed by atoms with E-state index < -0.39 is 0 Å². The van der Waals surface area contributed by atoms with Crippen molar-refractivity contribution in [2.75, 3.05) is 13.7 Å². The number of fused-ring (bicyclic) bond motifs is 1. The fourth-order valence-corrected chi connectivity index (χ4v) is 3.79. The van der Waals surface area contributed by atoms with Gasteiger partial charge < -0.3 is 14.2 Å². The molecule has 1 heterocycles. The predicted molar refractivity (Wildman–Crippen MR) is 118 cm³/mol. The minimum absolute atomic E-state index is 0.126. The number of nitrogens with zero attached hydrogens (tertiary/aromatic N) is 3. The summed E-state index contributed by atoms with van der Waals surface area (Å²) in [5, 5.41) is 1.17. The first kappa shape index (κ1) is 21.5. The van der Waals surface area contributed by atoms with E-state index in [-0.39, 0.29) is 5.91 Å². The highest BCUT2D eigenvalue weighted by Crippen LogP contribution is 2.26. The zero-order valence-electron chi connectivity index (χ0n) is 16.9. The van der Waals surface area contributed by atoms with E-state index in [0.717, 1.165) is 36.2 Å². The Morgan fingerprint density at radius 2 is 1.83 bits per heavy atom. The number of methoxy groups -OCH3 is 1. The minimum atomic E-state index is -0.126. The zero-order valence-corrected chi connectivity index (χ0v) is 18.4. The van der Waals surface area contributed by atoms with Crippen molar-refractivity contribution in [3.8, 4) is 5.75 Å². The van der Waals surface area contributed by atoms with Gasteiger partial charge in [0.1, 0.15) is 11.6 Å². The molecular weight excluding hydrogens is 409 g/mol. The van der Waals surface area contributed by atoms with Crippen LogP contribution in [0, 0.1) is 0 Å². The van der Waals surface area contributed by atoms with Crippen molar-refractivity contribution in [2.24, 2.45) is 0 Å². The number of carbonyl (C=O) groups is 1. The first-order valence-electron chi connectivity index (χ1n) is 9.76. The Labute approximate surface area is 181 Å². The van der Waals surface area contributed by atoms with Gasteiger partial charge in [-0.2, -0.15) is 0 Å². The number of aryl methyl sites for hydroxylation is 1. The summed E-state index contributed by atoms with van der Waals surface area (Å²) >= 11 is 12.3. The lowest BCUT2D eigenvalue weighted by Gasteiger charge is -2.23. The molecule has 1 amide bonds. The highest BCUT2D eigenvalue weighted by molar-refractivity contribution is 6.31. The third-order valence-electron chi connectivity index (χ3n) is 4.74. The third-order valence-corrected chi connectivity index (χ3v) is 5.21. The van der Waals surface area contributed by atoms with Crippen molar-refractivity contribution in [2.45, 2.75) is 39.8 Å². The molecule has 0 radical (unpaired) electrons. The number of amides is 1. The van der Waals surface area contributed by atoms with Gasteiger partial charge in [0.25, 0.3) is 5.91 Å². The van der Waals surface area contributed by atoms with E-state index in [2.05, 4.69) is 11.5 Å². The Kier molecular flexibility index (Phi) is 7.04. The molecule has 0 saturated heterocycles. The lowest BCUT2D eigenvalue weighted by Crippen LogP contribution is -2.32. The molecule has 0 aliphatic heterocycles. The molecular formula is C22H25Cl2N3O2. The van der Waals surface area contributed by atoms with Gasteiger partial charge in [-0.1, -0.05) is 37.0 Å². The molecule has 0 N–H and O–H groups in total. The van der Waals surface area contributed by atoms with Crippen molar-refractivity contribution in [3.63, 3.8) is 0 Å². The van der Waals surface area contributed by atoms with E-state index in [0.29, 0.717) is 34.4 Å². The molecule has 2 aromatic carbocycles. The number of halogens is 2. The van der Waals surface area contributed by atoms with Crippen molar-refractivity contribution in [1.29, 1.82) is 0 Å². The molecule has 5 nitrogen and oxygen atoms in total. The number of carbonyl (C=O) groups excluding carboxylic acids is 1. The molecule has 0 fully saturated rings. The first-order chi connectivity index (χ1) is 14.0. The summed E-state index contributed by atoms with van der Waals surface area (Å²) in [4.78, 5) is 19.9. The largest absolute Gasteiger partial charge is 0.496 e. The van der Waals surface area contributed by atoms with E-state index in [1.54, 1.807) is 30.2 Å². The van der Waals surface area contributed by atoms with Crippen molar-refractivity contribution < 1.29 is 9.53 Å². The molecule has 29 heavy (non-hydrogen) atoms. The van der Waals surface area contributed by atoms with E-state index in [1.807, 2.05) is 25.1 Å². The molecule has 0 atom stereocenters. The third kappa shape index (κ3) is 4.68. The number of rotatable bonds is 8. The molecule has 0 spiro atoms. The standard InChI is InChI=1S/C22H25Cl2N3O2/c1-4-10-26(22(28)17-12-15(23)7-9-20(17)29-3)14-21-25-18-8-6-16(24)13-19(18)27(21)11-5-2/h6-9,12-13H,4-5,10-11,14H2,1-3H3. The fourth-order valence-electron chi connectivity index (χ4n) is 3.45. The zero-order chi connectivity index (χ0) is 21.0. The fraction of sp³-hybridized carbons (Fsp3) is 0.364. The van der Waals surface area contributed by atoms with E-state index >= 15 is 0 Å². The maximum atomic E-state index is 13.3. The van der Waals surface area contributed by atoms with Gasteiger partial charge in [-0.05, 0) is 49.2 Å². The van der Waals surface area contributed by atoms with Crippen molar-refractivity contribution in [1.82, 2.24) is 14.5 Å². The van der Waals surface area contributed by atoms with Gasteiger partial charge in [0.2, 0.25) is 0 Å². The van der Waals surface area contributed by atoms with Crippen LogP contribution < -0.4 is 4.74 Å². The maximum Gasteiger partial charge on any atom is 0.258 e. The molecule has 0 aliphatic carbocycles. The second kappa shape index (κ2) is 9.51. The average molecular weight is 434 g/mol. The number of imidazole rings is 1. The molecule has 0 saturated carbocycles. The van der Waals surface area contributed by atoms with Crippen molar-refractivity contribution >= 4 is 40.1 Å². The van der Waals surface area contributed by atoms with Crippen LogP contribution in [0.25, 0.3) is 11.0 Å². The van der Waals surface area contributed by atoms with E-state index in [9.17, 15) is 4.79 Å². The smallest absolute Gasteiger partial charge is 0.258 e. The average Bonchev–Trinajstić information content (AvgIpc) is 3.04. The van der Waals surface area contributed by atoms with Gasteiger partial charge in [-0.3, -0.25) is 4.79 Å². The Morgan fingerprint density at radius 3 is 2.52 bits per heavy atom. The van der Waals surface area contributed by atoms with Crippen LogP contribution in [-0.2, 0) is 13.1 Å². The van der Waals surface area contributed by atoms with Crippen LogP contribution in [-0.4, -0.2) is 34.0 Å². The van der Waals surface area contributed by atoms with Gasteiger partial charge in [0.15, 0.2) is 0 Å². The molecule has 0 aliphatic rings. The summed E-state index contributed by atoms with van der Waals surface area (Å²) in [6.07, 6.45) is 1.78. The molecule has 0 unspecified atom stereocenters. The summed E-state index contributed by atoms with van der Waals surface area (Å²) in [7, 11) is 1.55. The number of hydrogen-bond acceptors (Lipinski definition) is 3. The Hall–Kier alpha value is -2.24. The number of benzene rings is 2. The Balaban J connectivity index is 2.00. The topological polar surface area (TPSA) is 47.4 Å². The minimum Gasteiger partial charge on any atom is -0.496 e. The second-order valence-corrected chi connectivity index (χ2v) is 7.76. The van der Waals surface area contributed by atoms with Crippen LogP contribution in [0.3, 0.4) is 0 Å². The molecule has 3 rings (SSSR count). The SMILES string of the molecule is CCCN(Cc1nc2ccc(Cl)cc2n1CCC)C(=O)c1cc(Cl)ccc1OC. The van der Waals surface area contributed by atoms with Crippen LogP contribution >= 0.6 is 23.2 Å². The van der Waals surface area contributed by atoms with Gasteiger partial charge in [0, 0.05) is 23.1 Å². The molecule has 3 aromatic rings. The Morgan fingerprint density at radius 1 is 1.10 bits per heavy atom. The van der Waals surface area contributed by atoms with Gasteiger partial charge in [-0.25, -0.2) is 4.98 Å². The normalized spacial score (nSPS) is 11.1. The Bertz CT molecular complexity index is 1020. The van der Waals surface area contributed by atoms with Gasteiger partial charge in [0.05, 0.1) is 30.3 Å². The van der Waals surface area contributed by atoms with E-state index in [1.165, 1.54) is 0 Å². The second-order valence-electron chi connectivity index (χ2n) is 6.88. The number of hydrogen-bond donors (Lipinski definition) is 0. The van der Waals surface area contributed by atoms with Gasteiger partial charge in [-0.15, -0.1) is 0 Å². The van der Waals surface area contributed by atoms with Crippen molar-refractivity contribution in [3.05, 3.63) is 57.8 Å². The summed E-state index contributed by atoms with van der Waals surface area (Å²) in [5.41, 5.74) is 2.32. The van der Waals surface area contributed by atoms with Crippen LogP contribution in [0.15, 0.2) is 36.4 Å². The highest BCUT2D eigenvalue weighted by Gasteiger charge is 2.22. The van der Waals surface area contributed by atoms with Crippen LogP contribution in [0.4, 0.5) is 0 Å². The highest BCUT2D eigenvalue weighted by atomic mass is 35.5. The van der Waals surface area contributed by atoms with Crippen LogP contribution in [0.2, 0.25) is 10.0 Å². The summed E-state index contributed by atoms with van der Waals surface area (Å²) < 4.78 is 7.53. The summed E-state index contributed by atoms with van der Waals surface area (Å²) in [5.74, 6) is 1.22.